The number of aromatic hydroxyl groups is 1. The molecule has 1 atom stereocenters. The van der Waals surface area contributed by atoms with Gasteiger partial charge >= 0.3 is 6.03 Å². The third-order valence-electron chi connectivity index (χ3n) is 5.49. The summed E-state index contributed by atoms with van der Waals surface area (Å²) >= 11 is 0. The fraction of sp³-hybridized carbons (Fsp3) is 0.273. The number of nitrogens with one attached hydrogen (secondary N) is 1. The number of carbonyl (C=O) groups is 2. The molecule has 29 heavy (non-hydrogen) atoms. The Kier molecular flexibility index (Phi) is 4.88. The molecule has 0 saturated carbocycles. The molecule has 7 heteroatoms. The number of amides is 3. The van der Waals surface area contributed by atoms with Crippen LogP contribution in [0.15, 0.2) is 59.8 Å². The second kappa shape index (κ2) is 7.50. The van der Waals surface area contributed by atoms with Crippen molar-refractivity contribution in [3.05, 3.63) is 70.9 Å². The Hall–Kier alpha value is -3.48. The molecule has 7 nitrogen and oxygen atoms in total. The second-order valence-electron chi connectivity index (χ2n) is 7.22. The van der Waals surface area contributed by atoms with Gasteiger partial charge in [-0.05, 0) is 41.8 Å². The first-order valence-electron chi connectivity index (χ1n) is 9.46. The molecule has 2 N–H and O–H groups in total. The number of rotatable bonds is 5. The van der Waals surface area contributed by atoms with Gasteiger partial charge in [0.1, 0.15) is 11.5 Å². The molecule has 3 amide bonds. The zero-order valence-electron chi connectivity index (χ0n) is 16.4. The van der Waals surface area contributed by atoms with Crippen LogP contribution in [0.5, 0.6) is 11.5 Å². The Morgan fingerprint density at radius 2 is 1.79 bits per heavy atom. The van der Waals surface area contributed by atoms with Crippen LogP contribution in [0.2, 0.25) is 0 Å². The predicted octanol–water partition coefficient (Wildman–Crippen LogP) is 2.44. The van der Waals surface area contributed by atoms with E-state index in [0.717, 1.165) is 22.6 Å². The number of phenols is 1. The quantitative estimate of drug-likeness (QED) is 0.818. The maximum Gasteiger partial charge on any atom is 0.322 e. The molecule has 0 bridgehead atoms. The first-order chi connectivity index (χ1) is 14.0. The zero-order valence-corrected chi connectivity index (χ0v) is 16.4. The van der Waals surface area contributed by atoms with Gasteiger partial charge in [0.05, 0.1) is 31.0 Å². The predicted molar refractivity (Wildman–Crippen MR) is 107 cm³/mol. The first kappa shape index (κ1) is 18.9. The fourth-order valence-corrected chi connectivity index (χ4v) is 3.78. The topological polar surface area (TPSA) is 82.1 Å². The standard InChI is InChI=1S/C22H23N3O4/c1-24-18-13-25(12-11-14-3-9-17(29-2)10-4-14)21(27)19(18)20(23-22(24)28)15-5-7-16(26)8-6-15/h3-10,20,26H,11-13H2,1-2H3,(H,23,28)/t20-/m1/s1. The van der Waals surface area contributed by atoms with Gasteiger partial charge in [0.25, 0.3) is 5.91 Å². The van der Waals surface area contributed by atoms with Crippen molar-refractivity contribution in [2.75, 3.05) is 27.2 Å². The normalized spacial score (nSPS) is 18.8. The number of hydrogen-bond acceptors (Lipinski definition) is 4. The van der Waals surface area contributed by atoms with Crippen molar-refractivity contribution in [2.24, 2.45) is 0 Å². The third kappa shape index (κ3) is 3.51. The van der Waals surface area contributed by atoms with Gasteiger partial charge < -0.3 is 20.1 Å². The van der Waals surface area contributed by atoms with E-state index in [2.05, 4.69) is 5.32 Å². The fourth-order valence-electron chi connectivity index (χ4n) is 3.78. The summed E-state index contributed by atoms with van der Waals surface area (Å²) in [7, 11) is 3.31. The zero-order chi connectivity index (χ0) is 20.5. The average Bonchev–Trinajstić information content (AvgIpc) is 3.07. The van der Waals surface area contributed by atoms with Crippen LogP contribution in [0.25, 0.3) is 0 Å². The van der Waals surface area contributed by atoms with E-state index >= 15 is 0 Å². The number of phenolic OH excluding ortho intramolecular Hbond substituents is 1. The first-order valence-corrected chi connectivity index (χ1v) is 9.46. The molecule has 4 rings (SSSR count). The second-order valence-corrected chi connectivity index (χ2v) is 7.22. The van der Waals surface area contributed by atoms with Gasteiger partial charge in [-0.3, -0.25) is 9.69 Å². The number of benzene rings is 2. The van der Waals surface area contributed by atoms with Gasteiger partial charge in [-0.1, -0.05) is 24.3 Å². The summed E-state index contributed by atoms with van der Waals surface area (Å²) in [4.78, 5) is 28.9. The summed E-state index contributed by atoms with van der Waals surface area (Å²) < 4.78 is 5.18. The van der Waals surface area contributed by atoms with E-state index in [-0.39, 0.29) is 17.7 Å². The lowest BCUT2D eigenvalue weighted by Gasteiger charge is -2.31. The van der Waals surface area contributed by atoms with E-state index in [9.17, 15) is 14.7 Å². The molecule has 0 aliphatic carbocycles. The number of carbonyl (C=O) groups excluding carboxylic acids is 2. The van der Waals surface area contributed by atoms with Gasteiger partial charge in [0.2, 0.25) is 0 Å². The lowest BCUT2D eigenvalue weighted by atomic mass is 9.95. The highest BCUT2D eigenvalue weighted by Crippen LogP contribution is 2.36. The van der Waals surface area contributed by atoms with Crippen molar-refractivity contribution in [3.8, 4) is 11.5 Å². The molecule has 2 aromatic carbocycles. The molecule has 0 aromatic heterocycles. The maximum absolute atomic E-state index is 13.2. The van der Waals surface area contributed by atoms with Crippen LogP contribution >= 0.6 is 0 Å². The Balaban J connectivity index is 1.54. The van der Waals surface area contributed by atoms with Crippen LogP contribution in [0, 0.1) is 0 Å². The monoisotopic (exact) mass is 393 g/mol. The smallest absolute Gasteiger partial charge is 0.322 e. The van der Waals surface area contributed by atoms with Gasteiger partial charge in [0.15, 0.2) is 0 Å². The van der Waals surface area contributed by atoms with E-state index in [1.54, 1.807) is 43.3 Å². The number of methoxy groups -OCH3 is 1. The van der Waals surface area contributed by atoms with Crippen molar-refractivity contribution >= 4 is 11.9 Å². The van der Waals surface area contributed by atoms with Crippen molar-refractivity contribution in [1.82, 2.24) is 15.1 Å². The van der Waals surface area contributed by atoms with E-state index in [4.69, 9.17) is 4.74 Å². The van der Waals surface area contributed by atoms with E-state index in [0.29, 0.717) is 25.1 Å². The SMILES string of the molecule is COc1ccc(CCN2CC3=C(C2=O)[C@@H](c2ccc(O)cc2)NC(=O)N3C)cc1. The van der Waals surface area contributed by atoms with Gasteiger partial charge in [-0.25, -0.2) is 4.79 Å². The number of ether oxygens (including phenoxy) is 1. The van der Waals surface area contributed by atoms with Crippen molar-refractivity contribution in [3.63, 3.8) is 0 Å². The highest BCUT2D eigenvalue weighted by atomic mass is 16.5. The minimum absolute atomic E-state index is 0.0709. The molecule has 150 valence electrons. The van der Waals surface area contributed by atoms with Crippen LogP contribution in [-0.2, 0) is 11.2 Å². The van der Waals surface area contributed by atoms with Gasteiger partial charge in [-0.15, -0.1) is 0 Å². The minimum atomic E-state index is -0.521. The highest BCUT2D eigenvalue weighted by molar-refractivity contribution is 6.01. The minimum Gasteiger partial charge on any atom is -0.508 e. The third-order valence-corrected chi connectivity index (χ3v) is 5.49. The molecular formula is C22H23N3O4. The van der Waals surface area contributed by atoms with Crippen molar-refractivity contribution in [1.29, 1.82) is 0 Å². The van der Waals surface area contributed by atoms with E-state index < -0.39 is 6.04 Å². The highest BCUT2D eigenvalue weighted by Gasteiger charge is 2.42. The van der Waals surface area contributed by atoms with E-state index in [1.807, 2.05) is 24.3 Å². The molecule has 0 radical (unpaired) electrons. The molecule has 0 saturated heterocycles. The van der Waals surface area contributed by atoms with Crippen molar-refractivity contribution in [2.45, 2.75) is 12.5 Å². The summed E-state index contributed by atoms with van der Waals surface area (Å²) in [6, 6.07) is 13.6. The molecule has 0 spiro atoms. The summed E-state index contributed by atoms with van der Waals surface area (Å²) in [6.45, 7) is 0.964. The Bertz CT molecular complexity index is 967. The summed E-state index contributed by atoms with van der Waals surface area (Å²) in [5, 5.41) is 12.4. The molecule has 2 aliphatic rings. The Morgan fingerprint density at radius 1 is 1.10 bits per heavy atom. The average molecular weight is 393 g/mol. The largest absolute Gasteiger partial charge is 0.508 e. The summed E-state index contributed by atoms with van der Waals surface area (Å²) in [6.07, 6.45) is 0.714. The van der Waals surface area contributed by atoms with Crippen LogP contribution in [0.4, 0.5) is 4.79 Å². The number of urea groups is 1. The molecule has 2 aliphatic heterocycles. The van der Waals surface area contributed by atoms with Crippen LogP contribution < -0.4 is 10.1 Å². The number of nitrogens with zero attached hydrogens (tertiary/aromatic N) is 2. The van der Waals surface area contributed by atoms with Gasteiger partial charge in [-0.2, -0.15) is 0 Å². The molecule has 2 heterocycles. The maximum atomic E-state index is 13.2. The number of likely N-dealkylation sites (N-methyl/N-ethyl adjacent to an activating group) is 1. The van der Waals surface area contributed by atoms with Crippen LogP contribution in [0.1, 0.15) is 17.2 Å². The summed E-state index contributed by atoms with van der Waals surface area (Å²) in [5.74, 6) is 0.866. The van der Waals surface area contributed by atoms with Gasteiger partial charge in [0, 0.05) is 13.6 Å². The molecular weight excluding hydrogens is 370 g/mol. The van der Waals surface area contributed by atoms with Crippen LogP contribution in [0.3, 0.4) is 0 Å². The molecule has 0 fully saturated rings. The van der Waals surface area contributed by atoms with Crippen molar-refractivity contribution < 1.29 is 19.4 Å². The Labute approximate surface area is 169 Å². The summed E-state index contributed by atoms with van der Waals surface area (Å²) in [5.41, 5.74) is 3.20. The Morgan fingerprint density at radius 3 is 2.45 bits per heavy atom. The van der Waals surface area contributed by atoms with E-state index in [1.165, 1.54) is 4.90 Å². The molecule has 0 unspecified atom stereocenters. The van der Waals surface area contributed by atoms with Crippen LogP contribution in [-0.4, -0.2) is 54.1 Å². The number of hydrogen-bond donors (Lipinski definition) is 2. The lowest BCUT2D eigenvalue weighted by Crippen LogP contribution is -2.45. The molecule has 2 aromatic rings. The lowest BCUT2D eigenvalue weighted by molar-refractivity contribution is -0.125.